The van der Waals surface area contributed by atoms with E-state index in [4.69, 9.17) is 16.1 Å². The molecule has 0 bridgehead atoms. The van der Waals surface area contributed by atoms with Crippen LogP contribution in [0.25, 0.3) is 21.8 Å². The largest absolute Gasteiger partial charge is 0.383 e. The molecule has 3 unspecified atom stereocenters. The first-order valence-corrected chi connectivity index (χ1v) is 10.7. The molecule has 1 amide bonds. The molecule has 2 heterocycles. The van der Waals surface area contributed by atoms with Gasteiger partial charge in [-0.2, -0.15) is 0 Å². The van der Waals surface area contributed by atoms with Crippen molar-refractivity contribution in [1.29, 1.82) is 0 Å². The van der Waals surface area contributed by atoms with E-state index in [1.807, 2.05) is 12.1 Å². The van der Waals surface area contributed by atoms with Gasteiger partial charge >= 0.3 is 0 Å². The molecule has 1 aromatic carbocycles. The topological polar surface area (TPSA) is 97.4 Å². The number of aliphatic hydroxyl groups is 1. The number of fused-ring (bicyclic) bond motifs is 3. The minimum absolute atomic E-state index is 0.104. The highest BCUT2D eigenvalue weighted by Gasteiger charge is 2.30. The van der Waals surface area contributed by atoms with Gasteiger partial charge in [-0.05, 0) is 50.7 Å². The minimum atomic E-state index is -1.04. The van der Waals surface area contributed by atoms with Crippen LogP contribution >= 0.6 is 11.6 Å². The maximum absolute atomic E-state index is 13.5. The van der Waals surface area contributed by atoms with Crippen LogP contribution in [0, 0.1) is 12.8 Å². The number of aromatic nitrogens is 2. The number of aliphatic hydroxyl groups excluding tert-OH is 1. The molecule has 0 radical (unpaired) electrons. The molecule has 4 rings (SSSR count). The van der Waals surface area contributed by atoms with Gasteiger partial charge in [0, 0.05) is 17.5 Å². The molecule has 3 atom stereocenters. The second kappa shape index (κ2) is 8.04. The molecular formula is C22H26ClN3O4. The molecule has 0 aliphatic heterocycles. The highest BCUT2D eigenvalue weighted by atomic mass is 35.5. The van der Waals surface area contributed by atoms with Gasteiger partial charge in [-0.1, -0.05) is 36.7 Å². The van der Waals surface area contributed by atoms with Gasteiger partial charge in [-0.25, -0.2) is 0 Å². The molecule has 0 spiro atoms. The van der Waals surface area contributed by atoms with Gasteiger partial charge in [-0.3, -0.25) is 9.59 Å². The maximum atomic E-state index is 13.5. The van der Waals surface area contributed by atoms with E-state index in [9.17, 15) is 14.7 Å². The molecular weight excluding hydrogens is 406 g/mol. The second-order valence-electron chi connectivity index (χ2n) is 8.49. The fraction of sp³-hybridized carbons (Fsp3) is 0.500. The van der Waals surface area contributed by atoms with Crippen molar-refractivity contribution in [2.75, 3.05) is 0 Å². The van der Waals surface area contributed by atoms with E-state index in [2.05, 4.69) is 10.5 Å². The lowest BCUT2D eigenvalue weighted by Gasteiger charge is -2.32. The molecule has 7 nitrogen and oxygen atoms in total. The highest BCUT2D eigenvalue weighted by Crippen LogP contribution is 2.35. The molecule has 30 heavy (non-hydrogen) atoms. The van der Waals surface area contributed by atoms with Gasteiger partial charge in [-0.15, -0.1) is 0 Å². The standard InChI is InChI=1S/C22H26ClN3O4/c1-11(2)20(27)21(28)24-13-6-4-7-14(10-13)26-16-9-5-8-15(23)18(16)19-17(22(26)29)12(3)30-25-19/h5,8-9,11,13-14,20,27H,4,6-7,10H2,1-3H3,(H,24,28). The van der Waals surface area contributed by atoms with Gasteiger partial charge in [0.2, 0.25) is 5.91 Å². The van der Waals surface area contributed by atoms with Crippen molar-refractivity contribution in [1.82, 2.24) is 15.0 Å². The highest BCUT2D eigenvalue weighted by molar-refractivity contribution is 6.37. The number of hydrogen-bond acceptors (Lipinski definition) is 5. The molecule has 1 aliphatic carbocycles. The van der Waals surface area contributed by atoms with Gasteiger partial charge in [0.05, 0.1) is 10.5 Å². The minimum Gasteiger partial charge on any atom is -0.383 e. The molecule has 0 saturated heterocycles. The average molecular weight is 432 g/mol. The Morgan fingerprint density at radius 2 is 2.10 bits per heavy atom. The number of hydrogen-bond donors (Lipinski definition) is 2. The quantitative estimate of drug-likeness (QED) is 0.656. The maximum Gasteiger partial charge on any atom is 0.264 e. The van der Waals surface area contributed by atoms with Crippen LogP contribution in [0.5, 0.6) is 0 Å². The van der Waals surface area contributed by atoms with E-state index in [1.165, 1.54) is 0 Å². The molecule has 8 heteroatoms. The predicted octanol–water partition coefficient (Wildman–Crippen LogP) is 3.72. The van der Waals surface area contributed by atoms with Gasteiger partial charge in [0.15, 0.2) is 0 Å². The van der Waals surface area contributed by atoms with Crippen LogP contribution in [-0.4, -0.2) is 32.9 Å². The molecule has 2 N–H and O–H groups in total. The number of rotatable bonds is 4. The van der Waals surface area contributed by atoms with Crippen LogP contribution < -0.4 is 10.9 Å². The number of carbonyl (C=O) groups excluding carboxylic acids is 1. The number of nitrogens with zero attached hydrogens (tertiary/aromatic N) is 2. The Bertz CT molecular complexity index is 1170. The Hall–Kier alpha value is -2.38. The van der Waals surface area contributed by atoms with E-state index in [0.717, 1.165) is 19.3 Å². The smallest absolute Gasteiger partial charge is 0.264 e. The Morgan fingerprint density at radius 1 is 1.33 bits per heavy atom. The van der Waals surface area contributed by atoms with E-state index in [-0.39, 0.29) is 29.5 Å². The zero-order valence-corrected chi connectivity index (χ0v) is 18.1. The number of carbonyl (C=O) groups is 1. The van der Waals surface area contributed by atoms with Crippen LogP contribution in [0.3, 0.4) is 0 Å². The fourth-order valence-corrected chi connectivity index (χ4v) is 4.71. The van der Waals surface area contributed by atoms with E-state index in [0.29, 0.717) is 39.0 Å². The van der Waals surface area contributed by atoms with Crippen LogP contribution in [-0.2, 0) is 4.79 Å². The predicted molar refractivity (Wildman–Crippen MR) is 116 cm³/mol. The zero-order chi connectivity index (χ0) is 21.6. The first-order valence-electron chi connectivity index (χ1n) is 10.4. The van der Waals surface area contributed by atoms with E-state index >= 15 is 0 Å². The van der Waals surface area contributed by atoms with Crippen LogP contribution in [0.2, 0.25) is 5.02 Å². The van der Waals surface area contributed by atoms with Gasteiger partial charge in [0.1, 0.15) is 22.8 Å². The first-order chi connectivity index (χ1) is 14.3. The first kappa shape index (κ1) is 20.9. The Labute approximate surface area is 179 Å². The summed E-state index contributed by atoms with van der Waals surface area (Å²) in [7, 11) is 0. The third-order valence-corrected chi connectivity index (χ3v) is 6.36. The van der Waals surface area contributed by atoms with E-state index < -0.39 is 6.10 Å². The van der Waals surface area contributed by atoms with Crippen molar-refractivity contribution >= 4 is 39.3 Å². The number of aryl methyl sites for hydroxylation is 1. The van der Waals surface area contributed by atoms with Crippen LogP contribution in [0.1, 0.15) is 51.3 Å². The summed E-state index contributed by atoms with van der Waals surface area (Å²) < 4.78 is 7.10. The lowest BCUT2D eigenvalue weighted by Crippen LogP contribution is -2.46. The molecule has 1 aliphatic rings. The Balaban J connectivity index is 1.76. The summed E-state index contributed by atoms with van der Waals surface area (Å²) in [5.74, 6) is -0.0513. The van der Waals surface area contributed by atoms with E-state index in [1.54, 1.807) is 31.4 Å². The van der Waals surface area contributed by atoms with Crippen molar-refractivity contribution in [3.63, 3.8) is 0 Å². The zero-order valence-electron chi connectivity index (χ0n) is 17.3. The lowest BCUT2D eigenvalue weighted by atomic mass is 9.89. The van der Waals surface area contributed by atoms with Crippen molar-refractivity contribution in [2.24, 2.45) is 5.92 Å². The van der Waals surface area contributed by atoms with Gasteiger partial charge < -0.3 is 19.5 Å². The number of amides is 1. The van der Waals surface area contributed by atoms with Gasteiger partial charge in [0.25, 0.3) is 5.56 Å². The number of nitrogens with one attached hydrogen (secondary N) is 1. The molecule has 1 saturated carbocycles. The van der Waals surface area contributed by atoms with Crippen molar-refractivity contribution < 1.29 is 14.4 Å². The monoisotopic (exact) mass is 431 g/mol. The number of pyridine rings is 1. The summed E-state index contributed by atoms with van der Waals surface area (Å²) in [6.45, 7) is 5.33. The summed E-state index contributed by atoms with van der Waals surface area (Å²) in [5, 5.41) is 18.8. The molecule has 160 valence electrons. The third-order valence-electron chi connectivity index (χ3n) is 6.04. The summed E-state index contributed by atoms with van der Waals surface area (Å²) in [5.41, 5.74) is 1.04. The molecule has 2 aromatic heterocycles. The molecule has 1 fully saturated rings. The summed E-state index contributed by atoms with van der Waals surface area (Å²) in [4.78, 5) is 25.8. The van der Waals surface area contributed by atoms with Crippen molar-refractivity contribution in [3.05, 3.63) is 39.3 Å². The fourth-order valence-electron chi connectivity index (χ4n) is 4.45. The second-order valence-corrected chi connectivity index (χ2v) is 8.89. The van der Waals surface area contributed by atoms with Crippen LogP contribution in [0.4, 0.5) is 0 Å². The van der Waals surface area contributed by atoms with Crippen molar-refractivity contribution in [3.8, 4) is 0 Å². The summed E-state index contributed by atoms with van der Waals surface area (Å²) in [6.07, 6.45) is 2.06. The number of benzene rings is 1. The average Bonchev–Trinajstić information content (AvgIpc) is 3.09. The SMILES string of the molecule is Cc1onc2c1c(=O)n(C1CCCC(NC(=O)C(O)C(C)C)C1)c1cccc(Cl)c21. The normalized spacial score (nSPS) is 20.7. The Morgan fingerprint density at radius 3 is 2.83 bits per heavy atom. The summed E-state index contributed by atoms with van der Waals surface area (Å²) in [6, 6.07) is 5.26. The molecule has 3 aromatic rings. The Kier molecular flexibility index (Phi) is 5.59. The van der Waals surface area contributed by atoms with Crippen LogP contribution in [0.15, 0.2) is 27.5 Å². The number of halogens is 1. The third kappa shape index (κ3) is 3.50. The summed E-state index contributed by atoms with van der Waals surface area (Å²) >= 11 is 6.49. The lowest BCUT2D eigenvalue weighted by molar-refractivity contribution is -0.132. The van der Waals surface area contributed by atoms with Crippen molar-refractivity contribution in [2.45, 2.75) is 64.6 Å².